The smallest absolute Gasteiger partial charge is 0.154 e. The molecule has 7 nitrogen and oxygen atoms in total. The lowest BCUT2D eigenvalue weighted by atomic mass is 9.93. The quantitative estimate of drug-likeness (QED) is 0.848. The van der Waals surface area contributed by atoms with Crippen molar-refractivity contribution in [3.8, 4) is 0 Å². The number of likely N-dealkylation sites (tertiary alicyclic amines) is 1. The molecule has 0 bridgehead atoms. The summed E-state index contributed by atoms with van der Waals surface area (Å²) in [6.07, 6.45) is 8.46. The van der Waals surface area contributed by atoms with Gasteiger partial charge in [-0.15, -0.1) is 10.2 Å². The van der Waals surface area contributed by atoms with Crippen LogP contribution in [0.3, 0.4) is 0 Å². The Morgan fingerprint density at radius 3 is 2.62 bits per heavy atom. The molecule has 2 fully saturated rings. The van der Waals surface area contributed by atoms with Gasteiger partial charge in [0.2, 0.25) is 0 Å². The maximum absolute atomic E-state index is 5.49. The normalized spacial score (nSPS) is 21.4. The van der Waals surface area contributed by atoms with E-state index in [4.69, 9.17) is 4.74 Å². The maximum atomic E-state index is 5.49. The van der Waals surface area contributed by atoms with E-state index in [0.29, 0.717) is 12.5 Å². The van der Waals surface area contributed by atoms with Gasteiger partial charge < -0.3 is 14.2 Å². The predicted octanol–water partition coefficient (Wildman–Crippen LogP) is 1.42. The van der Waals surface area contributed by atoms with Crippen LogP contribution in [0.4, 0.5) is 0 Å². The fraction of sp³-hybridized carbons (Fsp3) is 0.706. The number of aromatic nitrogens is 5. The third kappa shape index (κ3) is 3.23. The van der Waals surface area contributed by atoms with Gasteiger partial charge >= 0.3 is 0 Å². The van der Waals surface area contributed by atoms with Gasteiger partial charge in [0.05, 0.1) is 0 Å². The molecule has 4 rings (SSSR count). The topological polar surface area (TPSA) is 61.0 Å². The Bertz CT molecular complexity index is 638. The summed E-state index contributed by atoms with van der Waals surface area (Å²) in [5, 5.41) is 13.1. The second kappa shape index (κ2) is 7.03. The molecule has 2 aliphatic rings. The minimum absolute atomic E-state index is 0.518. The molecule has 130 valence electrons. The van der Waals surface area contributed by atoms with Crippen molar-refractivity contribution in [2.75, 3.05) is 26.3 Å². The van der Waals surface area contributed by atoms with E-state index in [9.17, 15) is 0 Å². The molecule has 4 heterocycles. The van der Waals surface area contributed by atoms with Gasteiger partial charge in [0.1, 0.15) is 12.4 Å². The van der Waals surface area contributed by atoms with Crippen molar-refractivity contribution >= 4 is 0 Å². The molecule has 0 unspecified atom stereocenters. The van der Waals surface area contributed by atoms with Crippen LogP contribution in [0.2, 0.25) is 0 Å². The average molecular weight is 330 g/mol. The van der Waals surface area contributed by atoms with Crippen LogP contribution in [0.1, 0.15) is 43.3 Å². The molecule has 2 aromatic rings. The van der Waals surface area contributed by atoms with Crippen LogP contribution in [0.15, 0.2) is 18.5 Å². The summed E-state index contributed by atoms with van der Waals surface area (Å²) in [5.74, 6) is 2.62. The van der Waals surface area contributed by atoms with Gasteiger partial charge in [-0.2, -0.15) is 5.10 Å². The zero-order chi connectivity index (χ0) is 16.4. The molecule has 2 aliphatic heterocycles. The zero-order valence-electron chi connectivity index (χ0n) is 14.3. The van der Waals surface area contributed by atoms with Gasteiger partial charge in [-0.25, -0.2) is 0 Å². The summed E-state index contributed by atoms with van der Waals surface area (Å²) >= 11 is 0. The van der Waals surface area contributed by atoms with Crippen molar-refractivity contribution in [1.29, 1.82) is 0 Å². The second-order valence-corrected chi connectivity index (χ2v) is 6.89. The van der Waals surface area contributed by atoms with Crippen LogP contribution in [0, 0.1) is 0 Å². The average Bonchev–Trinajstić information content (AvgIpc) is 3.27. The van der Waals surface area contributed by atoms with Gasteiger partial charge in [-0.1, -0.05) is 0 Å². The molecule has 0 atom stereocenters. The molecule has 24 heavy (non-hydrogen) atoms. The van der Waals surface area contributed by atoms with E-state index in [1.54, 1.807) is 6.20 Å². The van der Waals surface area contributed by atoms with Gasteiger partial charge in [-0.05, 0) is 44.8 Å². The minimum atomic E-state index is 0.518. The first-order valence-corrected chi connectivity index (χ1v) is 8.98. The molecule has 0 aliphatic carbocycles. The van der Waals surface area contributed by atoms with E-state index in [2.05, 4.69) is 31.8 Å². The first kappa shape index (κ1) is 15.8. The molecule has 0 N–H and O–H groups in total. The number of ether oxygens (including phenoxy) is 1. The molecule has 2 aromatic heterocycles. The third-order valence-electron chi connectivity index (χ3n) is 5.46. The van der Waals surface area contributed by atoms with Gasteiger partial charge in [0.25, 0.3) is 0 Å². The fourth-order valence-corrected chi connectivity index (χ4v) is 3.98. The summed E-state index contributed by atoms with van der Waals surface area (Å²) in [4.78, 5) is 2.65. The van der Waals surface area contributed by atoms with E-state index in [-0.39, 0.29) is 0 Å². The molecular weight excluding hydrogens is 304 g/mol. The molecule has 0 radical (unpaired) electrons. The molecule has 2 saturated heterocycles. The number of nitrogens with zero attached hydrogens (tertiary/aromatic N) is 6. The van der Waals surface area contributed by atoms with Crippen LogP contribution in [-0.2, 0) is 18.3 Å². The highest BCUT2D eigenvalue weighted by Gasteiger charge is 2.29. The lowest BCUT2D eigenvalue weighted by Crippen LogP contribution is -2.43. The van der Waals surface area contributed by atoms with E-state index < -0.39 is 0 Å². The number of rotatable bonds is 4. The first-order valence-electron chi connectivity index (χ1n) is 8.98. The highest BCUT2D eigenvalue weighted by atomic mass is 16.5. The largest absolute Gasteiger partial charge is 0.381 e. The van der Waals surface area contributed by atoms with E-state index in [1.807, 2.05) is 16.9 Å². The van der Waals surface area contributed by atoms with Crippen molar-refractivity contribution in [2.45, 2.75) is 44.2 Å². The Morgan fingerprint density at radius 2 is 1.92 bits per heavy atom. The Kier molecular flexibility index (Phi) is 4.62. The molecule has 0 spiro atoms. The summed E-state index contributed by atoms with van der Waals surface area (Å²) < 4.78 is 9.54. The van der Waals surface area contributed by atoms with Crippen molar-refractivity contribution in [2.24, 2.45) is 7.05 Å². The molecule has 7 heteroatoms. The lowest BCUT2D eigenvalue weighted by molar-refractivity contribution is 0.0247. The van der Waals surface area contributed by atoms with Crippen molar-refractivity contribution in [3.05, 3.63) is 30.1 Å². The SMILES string of the molecule is Cn1c(Cn2cccn2)nnc1C1CCN(C2CCOCC2)CC1. The molecule has 0 saturated carbocycles. The van der Waals surface area contributed by atoms with Gasteiger partial charge in [0, 0.05) is 44.6 Å². The summed E-state index contributed by atoms with van der Waals surface area (Å²) in [6.45, 7) is 4.85. The summed E-state index contributed by atoms with van der Waals surface area (Å²) in [7, 11) is 2.08. The summed E-state index contributed by atoms with van der Waals surface area (Å²) in [6, 6.07) is 2.65. The second-order valence-electron chi connectivity index (χ2n) is 6.89. The number of hydrogen-bond donors (Lipinski definition) is 0. The predicted molar refractivity (Wildman–Crippen MR) is 89.7 cm³/mol. The van der Waals surface area contributed by atoms with Gasteiger partial charge in [0.15, 0.2) is 5.82 Å². The lowest BCUT2D eigenvalue weighted by Gasteiger charge is -2.38. The number of hydrogen-bond acceptors (Lipinski definition) is 5. The van der Waals surface area contributed by atoms with Crippen LogP contribution in [0.25, 0.3) is 0 Å². The number of piperidine rings is 1. The minimum Gasteiger partial charge on any atom is -0.381 e. The van der Waals surface area contributed by atoms with Crippen LogP contribution >= 0.6 is 0 Å². The molecular formula is C17H26N6O. The standard InChI is InChI=1S/C17H26N6O/c1-21-16(13-23-8-2-7-18-23)19-20-17(21)14-3-9-22(10-4-14)15-5-11-24-12-6-15/h2,7-8,14-15H,3-6,9-13H2,1H3. The Morgan fingerprint density at radius 1 is 1.12 bits per heavy atom. The Hall–Kier alpha value is -1.73. The van der Waals surface area contributed by atoms with E-state index >= 15 is 0 Å². The van der Waals surface area contributed by atoms with Crippen molar-refractivity contribution in [3.63, 3.8) is 0 Å². The first-order chi connectivity index (χ1) is 11.8. The van der Waals surface area contributed by atoms with Crippen LogP contribution < -0.4 is 0 Å². The van der Waals surface area contributed by atoms with Crippen LogP contribution in [-0.4, -0.2) is 61.8 Å². The van der Waals surface area contributed by atoms with Crippen LogP contribution in [0.5, 0.6) is 0 Å². The monoisotopic (exact) mass is 330 g/mol. The van der Waals surface area contributed by atoms with Crippen molar-refractivity contribution < 1.29 is 4.74 Å². The zero-order valence-corrected chi connectivity index (χ0v) is 14.3. The third-order valence-corrected chi connectivity index (χ3v) is 5.46. The highest BCUT2D eigenvalue weighted by molar-refractivity contribution is 5.04. The highest BCUT2D eigenvalue weighted by Crippen LogP contribution is 2.29. The molecule has 0 aromatic carbocycles. The van der Waals surface area contributed by atoms with Crippen molar-refractivity contribution in [1.82, 2.24) is 29.4 Å². The van der Waals surface area contributed by atoms with Gasteiger partial charge in [-0.3, -0.25) is 4.68 Å². The fourth-order valence-electron chi connectivity index (χ4n) is 3.98. The molecule has 0 amide bonds. The van der Waals surface area contributed by atoms with E-state index in [1.165, 1.54) is 25.7 Å². The Balaban J connectivity index is 1.38. The van der Waals surface area contributed by atoms with E-state index in [0.717, 1.165) is 44.0 Å². The summed E-state index contributed by atoms with van der Waals surface area (Å²) in [5.41, 5.74) is 0. The Labute approximate surface area is 142 Å². The maximum Gasteiger partial charge on any atom is 0.154 e.